The lowest BCUT2D eigenvalue weighted by Crippen LogP contribution is -2.51. The van der Waals surface area contributed by atoms with Crippen molar-refractivity contribution in [1.82, 2.24) is 9.80 Å². The molecule has 6 nitrogen and oxygen atoms in total. The molecule has 1 spiro atoms. The molecule has 3 rings (SSSR count). The fourth-order valence-electron chi connectivity index (χ4n) is 3.55. The third kappa shape index (κ3) is 2.59. The van der Waals surface area contributed by atoms with Gasteiger partial charge < -0.3 is 19.3 Å². The zero-order chi connectivity index (χ0) is 14.9. The molecule has 0 N–H and O–H groups in total. The molecule has 0 aromatic heterocycles. The molecule has 116 valence electrons. The molecule has 0 unspecified atom stereocenters. The summed E-state index contributed by atoms with van der Waals surface area (Å²) in [5, 5.41) is 0. The summed E-state index contributed by atoms with van der Waals surface area (Å²) >= 11 is 0. The average molecular weight is 294 g/mol. The molecule has 0 aromatic carbocycles. The summed E-state index contributed by atoms with van der Waals surface area (Å²) in [6.07, 6.45) is 5.44. The monoisotopic (exact) mass is 294 g/mol. The molecule has 0 radical (unpaired) electrons. The molecule has 21 heavy (non-hydrogen) atoms. The summed E-state index contributed by atoms with van der Waals surface area (Å²) in [6, 6.07) is 0. The van der Waals surface area contributed by atoms with E-state index in [0.29, 0.717) is 19.7 Å². The highest BCUT2D eigenvalue weighted by atomic mass is 16.6. The van der Waals surface area contributed by atoms with Crippen LogP contribution in [0.4, 0.5) is 4.79 Å². The Kier molecular flexibility index (Phi) is 3.78. The average Bonchev–Trinajstić information content (AvgIpc) is 3.07. The van der Waals surface area contributed by atoms with E-state index in [9.17, 15) is 9.59 Å². The number of carbonyl (C=O) groups excluding carboxylic acids is 2. The van der Waals surface area contributed by atoms with Gasteiger partial charge in [0.15, 0.2) is 5.60 Å². The van der Waals surface area contributed by atoms with Gasteiger partial charge in [-0.25, -0.2) is 9.59 Å². The van der Waals surface area contributed by atoms with Gasteiger partial charge in [0.1, 0.15) is 0 Å². The molecule has 1 saturated heterocycles. The fraction of sp³-hybridized carbons (Fsp3) is 0.733. The minimum absolute atomic E-state index is 0.222. The molecule has 0 aromatic rings. The van der Waals surface area contributed by atoms with Crippen molar-refractivity contribution >= 4 is 12.1 Å². The van der Waals surface area contributed by atoms with E-state index in [-0.39, 0.29) is 17.7 Å². The Morgan fingerprint density at radius 1 is 1.29 bits per heavy atom. The molecule has 2 fully saturated rings. The van der Waals surface area contributed by atoms with E-state index >= 15 is 0 Å². The SMILES string of the molecule is CCOC(=O)N1CCN(C2=CC(=O)OC23CCCC3)CC1. The lowest BCUT2D eigenvalue weighted by atomic mass is 9.97. The van der Waals surface area contributed by atoms with E-state index in [2.05, 4.69) is 4.90 Å². The molecule has 1 aliphatic carbocycles. The van der Waals surface area contributed by atoms with Crippen LogP contribution in [0.15, 0.2) is 11.8 Å². The Bertz CT molecular complexity index is 460. The number of hydrogen-bond acceptors (Lipinski definition) is 5. The molecule has 1 amide bonds. The van der Waals surface area contributed by atoms with Crippen molar-refractivity contribution in [3.05, 3.63) is 11.8 Å². The highest BCUT2D eigenvalue weighted by Gasteiger charge is 2.48. The molecule has 2 aliphatic heterocycles. The molecule has 0 atom stereocenters. The molecule has 6 heteroatoms. The molecule has 0 bridgehead atoms. The van der Waals surface area contributed by atoms with Crippen molar-refractivity contribution in [3.63, 3.8) is 0 Å². The van der Waals surface area contributed by atoms with E-state index in [1.807, 2.05) is 6.92 Å². The predicted molar refractivity (Wildman–Crippen MR) is 75.5 cm³/mol. The summed E-state index contributed by atoms with van der Waals surface area (Å²) in [6.45, 7) is 4.91. The first-order chi connectivity index (χ1) is 10.1. The van der Waals surface area contributed by atoms with E-state index in [0.717, 1.165) is 44.5 Å². The van der Waals surface area contributed by atoms with E-state index in [1.165, 1.54) is 0 Å². The summed E-state index contributed by atoms with van der Waals surface area (Å²) in [4.78, 5) is 27.3. The lowest BCUT2D eigenvalue weighted by molar-refractivity contribution is -0.146. The zero-order valence-electron chi connectivity index (χ0n) is 12.5. The zero-order valence-corrected chi connectivity index (χ0v) is 12.5. The van der Waals surface area contributed by atoms with Crippen molar-refractivity contribution in [2.24, 2.45) is 0 Å². The summed E-state index contributed by atoms with van der Waals surface area (Å²) < 4.78 is 10.6. The van der Waals surface area contributed by atoms with Crippen LogP contribution in [0.1, 0.15) is 32.6 Å². The number of esters is 1. The van der Waals surface area contributed by atoms with Crippen molar-refractivity contribution in [2.45, 2.75) is 38.2 Å². The molecular weight excluding hydrogens is 272 g/mol. The van der Waals surface area contributed by atoms with Crippen molar-refractivity contribution in [1.29, 1.82) is 0 Å². The van der Waals surface area contributed by atoms with Crippen LogP contribution in [-0.4, -0.2) is 60.2 Å². The van der Waals surface area contributed by atoms with Gasteiger partial charge in [-0.2, -0.15) is 0 Å². The van der Waals surface area contributed by atoms with Crippen LogP contribution in [0.5, 0.6) is 0 Å². The number of amides is 1. The van der Waals surface area contributed by atoms with Crippen LogP contribution in [0.3, 0.4) is 0 Å². The maximum absolute atomic E-state index is 11.7. The second-order valence-electron chi connectivity index (χ2n) is 5.83. The third-order valence-electron chi connectivity index (χ3n) is 4.57. The van der Waals surface area contributed by atoms with Crippen LogP contribution < -0.4 is 0 Å². The Morgan fingerprint density at radius 3 is 2.57 bits per heavy atom. The number of piperazine rings is 1. The van der Waals surface area contributed by atoms with Crippen LogP contribution in [0.25, 0.3) is 0 Å². The van der Waals surface area contributed by atoms with Gasteiger partial charge in [0, 0.05) is 32.3 Å². The quantitative estimate of drug-likeness (QED) is 0.723. The van der Waals surface area contributed by atoms with Crippen molar-refractivity contribution in [2.75, 3.05) is 32.8 Å². The Balaban J connectivity index is 1.65. The van der Waals surface area contributed by atoms with Gasteiger partial charge in [-0.3, -0.25) is 0 Å². The molecular formula is C15H22N2O4. The number of ether oxygens (including phenoxy) is 2. The fourth-order valence-corrected chi connectivity index (χ4v) is 3.55. The van der Waals surface area contributed by atoms with E-state index < -0.39 is 0 Å². The molecule has 1 saturated carbocycles. The van der Waals surface area contributed by atoms with Gasteiger partial charge in [0.05, 0.1) is 12.3 Å². The van der Waals surface area contributed by atoms with E-state index in [4.69, 9.17) is 9.47 Å². The number of hydrogen-bond donors (Lipinski definition) is 0. The van der Waals surface area contributed by atoms with Crippen molar-refractivity contribution < 1.29 is 19.1 Å². The first kappa shape index (κ1) is 14.2. The first-order valence-electron chi connectivity index (χ1n) is 7.76. The number of nitrogens with zero attached hydrogens (tertiary/aromatic N) is 2. The summed E-state index contributed by atoms with van der Waals surface area (Å²) in [5.41, 5.74) is 0.636. The topological polar surface area (TPSA) is 59.1 Å². The lowest BCUT2D eigenvalue weighted by Gasteiger charge is -2.40. The summed E-state index contributed by atoms with van der Waals surface area (Å²) in [5.74, 6) is -0.222. The van der Waals surface area contributed by atoms with Gasteiger partial charge in [-0.15, -0.1) is 0 Å². The van der Waals surface area contributed by atoms with Crippen LogP contribution in [0.2, 0.25) is 0 Å². The Morgan fingerprint density at radius 2 is 1.95 bits per heavy atom. The maximum Gasteiger partial charge on any atom is 0.409 e. The second-order valence-corrected chi connectivity index (χ2v) is 5.83. The van der Waals surface area contributed by atoms with Gasteiger partial charge in [-0.05, 0) is 32.6 Å². The number of carbonyl (C=O) groups is 2. The van der Waals surface area contributed by atoms with Crippen LogP contribution >= 0.6 is 0 Å². The Hall–Kier alpha value is -1.72. The normalized spacial score (nSPS) is 24.2. The van der Waals surface area contributed by atoms with E-state index in [1.54, 1.807) is 11.0 Å². The predicted octanol–water partition coefficient (Wildman–Crippen LogP) is 1.51. The van der Waals surface area contributed by atoms with Gasteiger partial charge in [0.25, 0.3) is 0 Å². The van der Waals surface area contributed by atoms with Crippen LogP contribution in [-0.2, 0) is 14.3 Å². The van der Waals surface area contributed by atoms with Gasteiger partial charge >= 0.3 is 12.1 Å². The second kappa shape index (κ2) is 5.58. The molecule has 2 heterocycles. The standard InChI is InChI=1S/C15H22N2O4/c1-2-20-14(19)17-9-7-16(8-10-17)12-11-13(18)21-15(12)5-3-4-6-15/h11H,2-10H2,1H3. The van der Waals surface area contributed by atoms with Gasteiger partial charge in [0.2, 0.25) is 0 Å². The Labute approximate surface area is 124 Å². The molecule has 3 aliphatic rings. The number of rotatable bonds is 2. The highest BCUT2D eigenvalue weighted by Crippen LogP contribution is 2.44. The van der Waals surface area contributed by atoms with Gasteiger partial charge in [-0.1, -0.05) is 0 Å². The maximum atomic E-state index is 11.7. The minimum atomic E-state index is -0.386. The van der Waals surface area contributed by atoms with Crippen LogP contribution in [0, 0.1) is 0 Å². The van der Waals surface area contributed by atoms with Crippen molar-refractivity contribution in [3.8, 4) is 0 Å². The third-order valence-corrected chi connectivity index (χ3v) is 4.57. The summed E-state index contributed by atoms with van der Waals surface area (Å²) in [7, 11) is 0. The minimum Gasteiger partial charge on any atom is -0.450 e. The largest absolute Gasteiger partial charge is 0.450 e. The first-order valence-corrected chi connectivity index (χ1v) is 7.76. The highest BCUT2D eigenvalue weighted by molar-refractivity contribution is 5.86. The smallest absolute Gasteiger partial charge is 0.409 e.